The minimum Gasteiger partial charge on any atom is -0.463 e. The predicted octanol–water partition coefficient (Wildman–Crippen LogP) is 0.987. The van der Waals surface area contributed by atoms with Crippen LogP contribution in [-0.2, 0) is 23.9 Å². The summed E-state index contributed by atoms with van der Waals surface area (Å²) in [5.74, 6) is -2.14. The molecule has 9 heteroatoms. The first-order chi connectivity index (χ1) is 14.5. The molecule has 0 aromatic rings. The molecule has 0 rings (SSSR count). The summed E-state index contributed by atoms with van der Waals surface area (Å²) in [4.78, 5) is 36.5. The lowest BCUT2D eigenvalue weighted by atomic mass is 9.92. The summed E-state index contributed by atoms with van der Waals surface area (Å²) < 4.78 is 10.1. The Balaban J connectivity index is 4.75. The maximum Gasteiger partial charge on any atom is 0.311 e. The molecule has 4 N–H and O–H groups in total. The number of aliphatic hydroxyl groups is 3. The van der Waals surface area contributed by atoms with Crippen molar-refractivity contribution < 1.29 is 39.2 Å². The van der Waals surface area contributed by atoms with Crippen molar-refractivity contribution in [2.45, 2.75) is 79.3 Å². The maximum absolute atomic E-state index is 12.6. The number of ether oxygens (including phenoxy) is 2. The van der Waals surface area contributed by atoms with Crippen molar-refractivity contribution in [1.82, 2.24) is 5.32 Å². The molecule has 186 valence electrons. The first-order valence-corrected chi connectivity index (χ1v) is 10.7. The van der Waals surface area contributed by atoms with Crippen LogP contribution in [0.4, 0.5) is 0 Å². The number of hydrogen-bond acceptors (Lipinski definition) is 8. The predicted molar refractivity (Wildman–Crippen MR) is 120 cm³/mol. The van der Waals surface area contributed by atoms with Gasteiger partial charge >= 0.3 is 5.97 Å². The molecule has 0 heterocycles. The molecule has 0 fully saturated rings. The van der Waals surface area contributed by atoms with Gasteiger partial charge in [-0.25, -0.2) is 0 Å². The summed E-state index contributed by atoms with van der Waals surface area (Å²) in [5.41, 5.74) is -0.879. The molecule has 0 aliphatic heterocycles. The molecule has 0 radical (unpaired) electrons. The molecular weight excluding hydrogens is 418 g/mol. The van der Waals surface area contributed by atoms with Crippen LogP contribution < -0.4 is 5.32 Å². The Labute approximate surface area is 191 Å². The van der Waals surface area contributed by atoms with Gasteiger partial charge < -0.3 is 30.1 Å². The van der Waals surface area contributed by atoms with Crippen LogP contribution >= 0.6 is 0 Å². The van der Waals surface area contributed by atoms with Gasteiger partial charge in [-0.2, -0.15) is 0 Å². The number of methoxy groups -OCH3 is 1. The second-order valence-corrected chi connectivity index (χ2v) is 10.1. The third-order valence-electron chi connectivity index (χ3n) is 4.58. The third kappa shape index (κ3) is 11.2. The topological polar surface area (TPSA) is 142 Å². The number of rotatable bonds is 12. The Bertz CT molecular complexity index is 647. The molecule has 1 amide bonds. The van der Waals surface area contributed by atoms with E-state index in [0.717, 1.165) is 0 Å². The van der Waals surface area contributed by atoms with Crippen molar-refractivity contribution in [1.29, 1.82) is 0 Å². The highest BCUT2D eigenvalue weighted by atomic mass is 16.5. The summed E-state index contributed by atoms with van der Waals surface area (Å²) in [5, 5.41) is 33.2. The number of Topliss-reactive ketones (excluding diaryl/α,β-unsaturated/α-hetero) is 1. The fourth-order valence-corrected chi connectivity index (χ4v) is 2.56. The number of nitrogens with one attached hydrogen (secondary N) is 1. The summed E-state index contributed by atoms with van der Waals surface area (Å²) >= 11 is 0. The number of hydrogen-bond donors (Lipinski definition) is 4. The van der Waals surface area contributed by atoms with Crippen LogP contribution in [0.5, 0.6) is 0 Å². The number of allylic oxidation sites excluding steroid dienone is 1. The Morgan fingerprint density at radius 1 is 1.00 bits per heavy atom. The smallest absolute Gasteiger partial charge is 0.311 e. The average molecular weight is 460 g/mol. The molecule has 32 heavy (non-hydrogen) atoms. The monoisotopic (exact) mass is 459 g/mol. The Morgan fingerprint density at radius 2 is 1.56 bits per heavy atom. The number of carbonyl (C=O) groups is 3. The average Bonchev–Trinajstić information content (AvgIpc) is 2.67. The molecular formula is C23H41NO8. The number of ketones is 1. The molecule has 5 atom stereocenters. The standard InChI is InChI=1S/C23H41NO8/c1-14(20(29)24-11-12-32-21(30)23(5,6)7)13-16(26)19(31-8)18(28)17(27)15(25)9-10-22(2,3)4/h9-10,14-15,17-19,25,27-28H,11-13H2,1-8H3,(H,24,29)/b10-9+/t14-,15-,17+,18-,19+/m1/s1. The second kappa shape index (κ2) is 13.0. The Hall–Kier alpha value is -1.81. The normalized spacial score (nSPS) is 17.3. The van der Waals surface area contributed by atoms with E-state index in [1.165, 1.54) is 20.1 Å². The fourth-order valence-electron chi connectivity index (χ4n) is 2.56. The molecule has 9 nitrogen and oxygen atoms in total. The van der Waals surface area contributed by atoms with Gasteiger partial charge in [-0.3, -0.25) is 14.4 Å². The SMILES string of the molecule is CO[C@@H](C(=O)C[C@@H](C)C(=O)NCCOC(=O)C(C)(C)C)[C@H](O)[C@@H](O)[C@H](O)/C=C/C(C)(C)C. The minimum atomic E-state index is -1.68. The zero-order valence-corrected chi connectivity index (χ0v) is 20.5. The maximum atomic E-state index is 12.6. The van der Waals surface area contributed by atoms with Gasteiger partial charge in [0.05, 0.1) is 12.0 Å². The van der Waals surface area contributed by atoms with E-state index in [4.69, 9.17) is 9.47 Å². The van der Waals surface area contributed by atoms with Gasteiger partial charge in [0.15, 0.2) is 5.78 Å². The third-order valence-corrected chi connectivity index (χ3v) is 4.58. The second-order valence-electron chi connectivity index (χ2n) is 10.1. The molecule has 0 spiro atoms. The Morgan fingerprint density at radius 3 is 2.03 bits per heavy atom. The Kier molecular flexibility index (Phi) is 12.3. The van der Waals surface area contributed by atoms with E-state index in [-0.39, 0.29) is 31.0 Å². The molecule has 0 saturated heterocycles. The summed E-state index contributed by atoms with van der Waals surface area (Å²) in [6, 6.07) is 0. The van der Waals surface area contributed by atoms with Crippen molar-refractivity contribution in [3.63, 3.8) is 0 Å². The van der Waals surface area contributed by atoms with E-state index in [9.17, 15) is 29.7 Å². The zero-order chi connectivity index (χ0) is 25.3. The van der Waals surface area contributed by atoms with Gasteiger partial charge in [0, 0.05) is 19.4 Å². The zero-order valence-electron chi connectivity index (χ0n) is 20.5. The fraction of sp³-hybridized carbons (Fsp3) is 0.783. The van der Waals surface area contributed by atoms with Crippen LogP contribution in [0.15, 0.2) is 12.2 Å². The van der Waals surface area contributed by atoms with Crippen molar-refractivity contribution >= 4 is 17.7 Å². The summed E-state index contributed by atoms with van der Waals surface area (Å²) in [6.07, 6.45) is -3.35. The molecule has 0 aliphatic carbocycles. The lowest BCUT2D eigenvalue weighted by molar-refractivity contribution is -0.153. The number of carbonyl (C=O) groups excluding carboxylic acids is 3. The van der Waals surface area contributed by atoms with Gasteiger partial charge in [0.25, 0.3) is 0 Å². The van der Waals surface area contributed by atoms with E-state index in [1.807, 2.05) is 20.8 Å². The van der Waals surface area contributed by atoms with E-state index in [0.29, 0.717) is 0 Å². The molecule has 0 aliphatic rings. The van der Waals surface area contributed by atoms with E-state index < -0.39 is 47.4 Å². The van der Waals surface area contributed by atoms with Crippen LogP contribution in [0.1, 0.15) is 54.9 Å². The lowest BCUT2D eigenvalue weighted by Crippen LogP contribution is -2.48. The largest absolute Gasteiger partial charge is 0.463 e. The van der Waals surface area contributed by atoms with Gasteiger partial charge in [0.1, 0.15) is 31.0 Å². The van der Waals surface area contributed by atoms with Gasteiger partial charge in [-0.15, -0.1) is 0 Å². The van der Waals surface area contributed by atoms with Crippen LogP contribution in [0.2, 0.25) is 0 Å². The lowest BCUT2D eigenvalue weighted by Gasteiger charge is -2.27. The number of aliphatic hydroxyl groups excluding tert-OH is 3. The van der Waals surface area contributed by atoms with Gasteiger partial charge in [-0.05, 0) is 26.2 Å². The summed E-state index contributed by atoms with van der Waals surface area (Å²) in [7, 11) is 1.20. The first kappa shape index (κ1) is 30.2. The molecule has 0 saturated carbocycles. The van der Waals surface area contributed by atoms with E-state index in [1.54, 1.807) is 26.8 Å². The van der Waals surface area contributed by atoms with Crippen molar-refractivity contribution in [2.75, 3.05) is 20.3 Å². The van der Waals surface area contributed by atoms with Crippen LogP contribution in [0.3, 0.4) is 0 Å². The highest BCUT2D eigenvalue weighted by Crippen LogP contribution is 2.18. The van der Waals surface area contributed by atoms with Crippen molar-refractivity contribution in [2.24, 2.45) is 16.7 Å². The van der Waals surface area contributed by atoms with E-state index in [2.05, 4.69) is 5.32 Å². The quantitative estimate of drug-likeness (QED) is 0.192. The number of amides is 1. The van der Waals surface area contributed by atoms with Crippen LogP contribution in [0, 0.1) is 16.7 Å². The minimum absolute atomic E-state index is 0.00802. The number of esters is 1. The van der Waals surface area contributed by atoms with Crippen molar-refractivity contribution in [3.05, 3.63) is 12.2 Å². The van der Waals surface area contributed by atoms with Crippen LogP contribution in [-0.4, -0.2) is 77.7 Å². The molecule has 0 bridgehead atoms. The van der Waals surface area contributed by atoms with Gasteiger partial charge in [-0.1, -0.05) is 39.8 Å². The summed E-state index contributed by atoms with van der Waals surface area (Å²) in [6.45, 7) is 12.5. The highest BCUT2D eigenvalue weighted by Gasteiger charge is 2.36. The van der Waals surface area contributed by atoms with Gasteiger partial charge in [0.2, 0.25) is 5.91 Å². The van der Waals surface area contributed by atoms with Crippen LogP contribution in [0.25, 0.3) is 0 Å². The highest BCUT2D eigenvalue weighted by molar-refractivity contribution is 5.89. The van der Waals surface area contributed by atoms with E-state index >= 15 is 0 Å². The molecule has 0 aromatic carbocycles. The first-order valence-electron chi connectivity index (χ1n) is 10.7. The van der Waals surface area contributed by atoms with Crippen molar-refractivity contribution in [3.8, 4) is 0 Å². The molecule has 0 unspecified atom stereocenters. The molecule has 0 aromatic heterocycles.